The Hall–Kier alpha value is -3.15. The SMILES string of the molecule is Cc1conc1NC(=O)Nc1ccc(Cc2ccncc2)cc1. The summed E-state index contributed by atoms with van der Waals surface area (Å²) in [5.74, 6) is 0.414. The van der Waals surface area contributed by atoms with Crippen molar-refractivity contribution in [3.8, 4) is 0 Å². The van der Waals surface area contributed by atoms with Gasteiger partial charge in [0.25, 0.3) is 0 Å². The third-order valence-electron chi connectivity index (χ3n) is 3.35. The minimum absolute atomic E-state index is 0.358. The summed E-state index contributed by atoms with van der Waals surface area (Å²) in [6.45, 7) is 1.81. The number of urea groups is 1. The number of benzene rings is 1. The summed E-state index contributed by atoms with van der Waals surface area (Å²) in [6.07, 6.45) is 5.86. The molecule has 0 aliphatic heterocycles. The van der Waals surface area contributed by atoms with Gasteiger partial charge in [-0.1, -0.05) is 17.3 Å². The molecule has 0 saturated heterocycles. The third kappa shape index (κ3) is 3.94. The molecule has 2 heterocycles. The molecule has 0 unspecified atom stereocenters. The summed E-state index contributed by atoms with van der Waals surface area (Å²) < 4.78 is 4.77. The zero-order valence-corrected chi connectivity index (χ0v) is 12.6. The predicted molar refractivity (Wildman–Crippen MR) is 87.4 cm³/mol. The fourth-order valence-corrected chi connectivity index (χ4v) is 2.12. The number of aromatic nitrogens is 2. The Labute approximate surface area is 133 Å². The molecule has 2 N–H and O–H groups in total. The van der Waals surface area contributed by atoms with Crippen LogP contribution in [0.2, 0.25) is 0 Å². The van der Waals surface area contributed by atoms with Crippen molar-refractivity contribution in [1.82, 2.24) is 10.1 Å². The minimum Gasteiger partial charge on any atom is -0.362 e. The number of amides is 2. The first-order valence-corrected chi connectivity index (χ1v) is 7.17. The van der Waals surface area contributed by atoms with E-state index in [4.69, 9.17) is 4.52 Å². The number of hydrogen-bond donors (Lipinski definition) is 2. The summed E-state index contributed by atoms with van der Waals surface area (Å²) >= 11 is 0. The van der Waals surface area contributed by atoms with E-state index in [1.165, 1.54) is 11.8 Å². The lowest BCUT2D eigenvalue weighted by Gasteiger charge is -2.07. The van der Waals surface area contributed by atoms with E-state index in [2.05, 4.69) is 20.8 Å². The smallest absolute Gasteiger partial charge is 0.324 e. The Bertz CT molecular complexity index is 782. The standard InChI is InChI=1S/C17H16N4O2/c1-12-11-23-21-16(12)20-17(22)19-15-4-2-13(3-5-15)10-14-6-8-18-9-7-14/h2-9,11H,10H2,1H3,(H2,19,20,21,22). The third-order valence-corrected chi connectivity index (χ3v) is 3.35. The summed E-state index contributed by atoms with van der Waals surface area (Å²) in [5, 5.41) is 9.09. The van der Waals surface area contributed by atoms with Crippen LogP contribution >= 0.6 is 0 Å². The van der Waals surface area contributed by atoms with Gasteiger partial charge < -0.3 is 9.84 Å². The van der Waals surface area contributed by atoms with Crippen molar-refractivity contribution >= 4 is 17.5 Å². The zero-order valence-electron chi connectivity index (χ0n) is 12.6. The highest BCUT2D eigenvalue weighted by Crippen LogP contribution is 2.15. The highest BCUT2D eigenvalue weighted by Gasteiger charge is 2.08. The van der Waals surface area contributed by atoms with E-state index in [1.807, 2.05) is 36.4 Å². The molecule has 3 aromatic rings. The van der Waals surface area contributed by atoms with Crippen LogP contribution in [-0.4, -0.2) is 16.2 Å². The van der Waals surface area contributed by atoms with Gasteiger partial charge in [-0.25, -0.2) is 4.79 Å². The second kappa shape index (κ2) is 6.74. The fraction of sp³-hybridized carbons (Fsp3) is 0.118. The maximum atomic E-state index is 11.9. The number of nitrogens with zero attached hydrogens (tertiary/aromatic N) is 2. The molecule has 0 fully saturated rings. The monoisotopic (exact) mass is 308 g/mol. The van der Waals surface area contributed by atoms with E-state index < -0.39 is 0 Å². The molecule has 6 heteroatoms. The topological polar surface area (TPSA) is 80.0 Å². The molecule has 0 aliphatic rings. The van der Waals surface area contributed by atoms with Crippen molar-refractivity contribution in [2.24, 2.45) is 0 Å². The molecule has 6 nitrogen and oxygen atoms in total. The zero-order chi connectivity index (χ0) is 16.1. The van der Waals surface area contributed by atoms with Crippen LogP contribution in [0.3, 0.4) is 0 Å². The van der Waals surface area contributed by atoms with Crippen LogP contribution in [0.25, 0.3) is 0 Å². The second-order valence-corrected chi connectivity index (χ2v) is 5.15. The first-order valence-electron chi connectivity index (χ1n) is 7.17. The van der Waals surface area contributed by atoms with Crippen LogP contribution in [0.5, 0.6) is 0 Å². The maximum Gasteiger partial charge on any atom is 0.324 e. The molecular weight excluding hydrogens is 292 g/mol. The maximum absolute atomic E-state index is 11.9. The average molecular weight is 308 g/mol. The van der Waals surface area contributed by atoms with E-state index in [-0.39, 0.29) is 6.03 Å². The highest BCUT2D eigenvalue weighted by molar-refractivity contribution is 5.99. The average Bonchev–Trinajstić information content (AvgIpc) is 2.95. The van der Waals surface area contributed by atoms with Gasteiger partial charge in [0.05, 0.1) is 0 Å². The Kier molecular flexibility index (Phi) is 4.33. The summed E-state index contributed by atoms with van der Waals surface area (Å²) in [5.41, 5.74) is 3.84. The molecule has 1 aromatic carbocycles. The molecule has 0 saturated carbocycles. The summed E-state index contributed by atoms with van der Waals surface area (Å²) in [6, 6.07) is 11.3. The van der Waals surface area contributed by atoms with Gasteiger partial charge in [-0.2, -0.15) is 0 Å². The van der Waals surface area contributed by atoms with E-state index in [0.717, 1.165) is 17.5 Å². The lowest BCUT2D eigenvalue weighted by Crippen LogP contribution is -2.20. The van der Waals surface area contributed by atoms with Crippen molar-refractivity contribution in [2.45, 2.75) is 13.3 Å². The quantitative estimate of drug-likeness (QED) is 0.771. The van der Waals surface area contributed by atoms with Gasteiger partial charge in [-0.15, -0.1) is 0 Å². The van der Waals surface area contributed by atoms with Crippen LogP contribution in [0, 0.1) is 6.92 Å². The molecule has 0 atom stereocenters. The van der Waals surface area contributed by atoms with Gasteiger partial charge in [0.1, 0.15) is 6.26 Å². The molecule has 3 rings (SSSR count). The van der Waals surface area contributed by atoms with Crippen molar-refractivity contribution in [2.75, 3.05) is 10.6 Å². The molecule has 0 radical (unpaired) electrons. The van der Waals surface area contributed by atoms with Gasteiger partial charge in [-0.3, -0.25) is 10.3 Å². The molecular formula is C17H16N4O2. The number of anilines is 2. The summed E-state index contributed by atoms with van der Waals surface area (Å²) in [4.78, 5) is 15.9. The van der Waals surface area contributed by atoms with Crippen LogP contribution in [0.1, 0.15) is 16.7 Å². The molecule has 2 aromatic heterocycles. The number of hydrogen-bond acceptors (Lipinski definition) is 4. The van der Waals surface area contributed by atoms with E-state index >= 15 is 0 Å². The number of rotatable bonds is 4. The number of carbonyl (C=O) groups is 1. The minimum atomic E-state index is -0.358. The van der Waals surface area contributed by atoms with Crippen LogP contribution in [0.4, 0.5) is 16.3 Å². The molecule has 23 heavy (non-hydrogen) atoms. The van der Waals surface area contributed by atoms with Gasteiger partial charge in [0.2, 0.25) is 0 Å². The van der Waals surface area contributed by atoms with E-state index in [0.29, 0.717) is 11.5 Å². The first-order chi connectivity index (χ1) is 11.2. The van der Waals surface area contributed by atoms with Crippen molar-refractivity contribution in [3.63, 3.8) is 0 Å². The van der Waals surface area contributed by atoms with E-state index in [9.17, 15) is 4.79 Å². The molecule has 2 amide bonds. The van der Waals surface area contributed by atoms with Crippen LogP contribution < -0.4 is 10.6 Å². The lowest BCUT2D eigenvalue weighted by molar-refractivity contribution is 0.262. The number of carbonyl (C=O) groups excluding carboxylic acids is 1. The Morgan fingerprint density at radius 1 is 1.04 bits per heavy atom. The Morgan fingerprint density at radius 3 is 2.39 bits per heavy atom. The van der Waals surface area contributed by atoms with Crippen molar-refractivity contribution in [1.29, 1.82) is 0 Å². The van der Waals surface area contributed by atoms with Gasteiger partial charge in [0.15, 0.2) is 5.82 Å². The first kappa shape index (κ1) is 14.8. The predicted octanol–water partition coefficient (Wildman–Crippen LogP) is 3.61. The molecule has 0 bridgehead atoms. The second-order valence-electron chi connectivity index (χ2n) is 5.15. The van der Waals surface area contributed by atoms with Crippen molar-refractivity contribution in [3.05, 3.63) is 71.7 Å². The van der Waals surface area contributed by atoms with Crippen molar-refractivity contribution < 1.29 is 9.32 Å². The van der Waals surface area contributed by atoms with Gasteiger partial charge in [0, 0.05) is 23.6 Å². The number of aryl methyl sites for hydroxylation is 1. The number of nitrogens with one attached hydrogen (secondary N) is 2. The molecule has 116 valence electrons. The Balaban J connectivity index is 1.59. The van der Waals surface area contributed by atoms with Crippen LogP contribution in [-0.2, 0) is 6.42 Å². The number of pyridine rings is 1. The lowest BCUT2D eigenvalue weighted by atomic mass is 10.1. The van der Waals surface area contributed by atoms with Gasteiger partial charge >= 0.3 is 6.03 Å². The van der Waals surface area contributed by atoms with E-state index in [1.54, 1.807) is 19.3 Å². The largest absolute Gasteiger partial charge is 0.362 e. The highest BCUT2D eigenvalue weighted by atomic mass is 16.5. The normalized spacial score (nSPS) is 10.3. The Morgan fingerprint density at radius 2 is 1.74 bits per heavy atom. The molecule has 0 spiro atoms. The fourth-order valence-electron chi connectivity index (χ4n) is 2.12. The van der Waals surface area contributed by atoms with Gasteiger partial charge in [-0.05, 0) is 48.7 Å². The summed E-state index contributed by atoms with van der Waals surface area (Å²) in [7, 11) is 0. The van der Waals surface area contributed by atoms with Crippen LogP contribution in [0.15, 0.2) is 59.6 Å². The molecule has 0 aliphatic carbocycles.